The van der Waals surface area contributed by atoms with Gasteiger partial charge < -0.3 is 5.32 Å². The fourth-order valence-electron chi connectivity index (χ4n) is 2.66. The number of aromatic nitrogens is 2. The molecule has 146 valence electrons. The van der Waals surface area contributed by atoms with Crippen LogP contribution >= 0.6 is 0 Å². The lowest BCUT2D eigenvalue weighted by Crippen LogP contribution is -2.18. The van der Waals surface area contributed by atoms with Crippen LogP contribution in [0.1, 0.15) is 21.6 Å². The lowest BCUT2D eigenvalue weighted by atomic mass is 9.97. The van der Waals surface area contributed by atoms with Gasteiger partial charge in [-0.15, -0.1) is 0 Å². The summed E-state index contributed by atoms with van der Waals surface area (Å²) in [5, 5.41) is 7.22. The van der Waals surface area contributed by atoms with E-state index in [1.165, 1.54) is 42.5 Å². The van der Waals surface area contributed by atoms with E-state index in [1.807, 2.05) is 5.10 Å². The van der Waals surface area contributed by atoms with E-state index in [0.717, 1.165) is 12.3 Å². The number of alkyl halides is 6. The minimum atomic E-state index is -4.87. The molecule has 2 aromatic carbocycles. The van der Waals surface area contributed by atoms with Crippen LogP contribution in [0.3, 0.4) is 0 Å². The normalized spacial score (nSPS) is 12.1. The zero-order valence-corrected chi connectivity index (χ0v) is 13.8. The van der Waals surface area contributed by atoms with Crippen molar-refractivity contribution in [2.75, 3.05) is 5.32 Å². The van der Waals surface area contributed by atoms with Crippen LogP contribution in [-0.4, -0.2) is 16.1 Å². The molecule has 1 aromatic heterocycles. The van der Waals surface area contributed by atoms with E-state index in [4.69, 9.17) is 0 Å². The van der Waals surface area contributed by atoms with Gasteiger partial charge in [-0.3, -0.25) is 9.89 Å². The predicted molar refractivity (Wildman–Crippen MR) is 88.4 cm³/mol. The first kappa shape index (κ1) is 19.5. The molecular formula is C18H11F6N3O. The molecule has 0 radical (unpaired) electrons. The number of para-hydroxylation sites is 1. The molecule has 2 N–H and O–H groups in total. The van der Waals surface area contributed by atoms with Gasteiger partial charge >= 0.3 is 12.4 Å². The van der Waals surface area contributed by atoms with Gasteiger partial charge in [-0.2, -0.15) is 31.4 Å². The number of hydrogen-bond donors (Lipinski definition) is 2. The lowest BCUT2D eigenvalue weighted by Gasteiger charge is -2.16. The summed E-state index contributed by atoms with van der Waals surface area (Å²) in [6.07, 6.45) is -8.75. The lowest BCUT2D eigenvalue weighted by molar-refractivity contribution is -0.141. The molecule has 0 aliphatic carbocycles. The van der Waals surface area contributed by atoms with Gasteiger partial charge in [0.05, 0.1) is 11.1 Å². The third-order valence-corrected chi connectivity index (χ3v) is 3.85. The Bertz CT molecular complexity index is 1010. The summed E-state index contributed by atoms with van der Waals surface area (Å²) in [6.45, 7) is 0. The minimum absolute atomic E-state index is 0.0147. The van der Waals surface area contributed by atoms with Crippen LogP contribution in [-0.2, 0) is 12.4 Å². The molecule has 0 unspecified atom stereocenters. The second-order valence-electron chi connectivity index (χ2n) is 5.69. The topological polar surface area (TPSA) is 57.8 Å². The van der Waals surface area contributed by atoms with E-state index in [0.29, 0.717) is 0 Å². The average molecular weight is 399 g/mol. The number of H-pyrrole nitrogens is 1. The molecule has 0 atom stereocenters. The number of anilines is 1. The van der Waals surface area contributed by atoms with Crippen LogP contribution in [0.15, 0.2) is 54.7 Å². The molecule has 10 heteroatoms. The number of hydrogen-bond acceptors (Lipinski definition) is 2. The quantitative estimate of drug-likeness (QED) is 0.582. The highest BCUT2D eigenvalue weighted by Crippen LogP contribution is 2.39. The molecule has 0 saturated heterocycles. The van der Waals surface area contributed by atoms with Gasteiger partial charge in [0.1, 0.15) is 0 Å². The Morgan fingerprint density at radius 1 is 0.857 bits per heavy atom. The zero-order chi connectivity index (χ0) is 20.5. The molecule has 1 amide bonds. The van der Waals surface area contributed by atoms with Crippen molar-refractivity contribution in [3.05, 3.63) is 71.5 Å². The standard InChI is InChI=1S/C18H11F6N3O/c19-17(20,21)13-7-3-1-5-10(13)11-6-2-4-8-14(11)26-16(28)12-9-25-27-15(12)18(22,23)24/h1-9H,(H,25,27)(H,26,28). The monoisotopic (exact) mass is 399 g/mol. The van der Waals surface area contributed by atoms with Gasteiger partial charge in [0.2, 0.25) is 0 Å². The van der Waals surface area contributed by atoms with E-state index >= 15 is 0 Å². The Labute approximate surface area is 154 Å². The molecule has 0 bridgehead atoms. The van der Waals surface area contributed by atoms with E-state index in [1.54, 1.807) is 0 Å². The minimum Gasteiger partial charge on any atom is -0.321 e. The number of nitrogens with one attached hydrogen (secondary N) is 2. The number of nitrogens with zero attached hydrogens (tertiary/aromatic N) is 1. The number of amides is 1. The SMILES string of the molecule is O=C(Nc1ccccc1-c1ccccc1C(F)(F)F)c1c[nH]nc1C(F)(F)F. The molecule has 28 heavy (non-hydrogen) atoms. The molecular weight excluding hydrogens is 388 g/mol. The van der Waals surface area contributed by atoms with Gasteiger partial charge in [-0.25, -0.2) is 0 Å². The van der Waals surface area contributed by atoms with E-state index in [2.05, 4.69) is 10.4 Å². The smallest absolute Gasteiger partial charge is 0.321 e. The fourth-order valence-corrected chi connectivity index (χ4v) is 2.66. The summed E-state index contributed by atoms with van der Waals surface area (Å²) < 4.78 is 78.7. The second-order valence-corrected chi connectivity index (χ2v) is 5.69. The van der Waals surface area contributed by atoms with Gasteiger partial charge in [-0.05, 0) is 17.7 Å². The third-order valence-electron chi connectivity index (χ3n) is 3.85. The summed E-state index contributed by atoms with van der Waals surface area (Å²) in [7, 11) is 0. The maximum absolute atomic E-state index is 13.3. The summed E-state index contributed by atoms with van der Waals surface area (Å²) in [4.78, 5) is 12.3. The molecule has 0 spiro atoms. The van der Waals surface area contributed by atoms with E-state index < -0.39 is 35.1 Å². The largest absolute Gasteiger partial charge is 0.435 e. The number of halogens is 6. The molecule has 0 aliphatic rings. The highest BCUT2D eigenvalue weighted by molar-refractivity contribution is 6.07. The zero-order valence-electron chi connectivity index (χ0n) is 13.8. The molecule has 0 fully saturated rings. The van der Waals surface area contributed by atoms with Crippen molar-refractivity contribution < 1.29 is 31.1 Å². The van der Waals surface area contributed by atoms with Crippen molar-refractivity contribution in [1.29, 1.82) is 0 Å². The molecule has 4 nitrogen and oxygen atoms in total. The second kappa shape index (κ2) is 7.02. The van der Waals surface area contributed by atoms with Gasteiger partial charge in [0.15, 0.2) is 5.69 Å². The van der Waals surface area contributed by atoms with Crippen molar-refractivity contribution in [2.24, 2.45) is 0 Å². The summed E-state index contributed by atoms with van der Waals surface area (Å²) >= 11 is 0. The highest BCUT2D eigenvalue weighted by Gasteiger charge is 2.38. The maximum Gasteiger partial charge on any atom is 0.435 e. The molecule has 0 saturated carbocycles. The van der Waals surface area contributed by atoms with Crippen LogP contribution < -0.4 is 5.32 Å². The molecule has 3 rings (SSSR count). The first-order chi connectivity index (χ1) is 13.1. The van der Waals surface area contributed by atoms with Gasteiger partial charge in [0.25, 0.3) is 5.91 Å². The van der Waals surface area contributed by atoms with Crippen molar-refractivity contribution in [2.45, 2.75) is 12.4 Å². The van der Waals surface area contributed by atoms with Gasteiger partial charge in [0, 0.05) is 17.4 Å². The molecule has 1 heterocycles. The molecule has 0 aliphatic heterocycles. The summed E-state index contributed by atoms with van der Waals surface area (Å²) in [6, 6.07) is 10.2. The Morgan fingerprint density at radius 2 is 1.46 bits per heavy atom. The Morgan fingerprint density at radius 3 is 2.11 bits per heavy atom. The van der Waals surface area contributed by atoms with Crippen molar-refractivity contribution in [3.63, 3.8) is 0 Å². The van der Waals surface area contributed by atoms with Crippen LogP contribution in [0.2, 0.25) is 0 Å². The number of benzene rings is 2. The van der Waals surface area contributed by atoms with Crippen LogP contribution in [0, 0.1) is 0 Å². The van der Waals surface area contributed by atoms with Crippen molar-refractivity contribution >= 4 is 11.6 Å². The fraction of sp³-hybridized carbons (Fsp3) is 0.111. The number of aromatic amines is 1. The van der Waals surface area contributed by atoms with E-state index in [9.17, 15) is 31.1 Å². The van der Waals surface area contributed by atoms with Crippen molar-refractivity contribution in [1.82, 2.24) is 10.2 Å². The third kappa shape index (κ3) is 3.85. The predicted octanol–water partition coefficient (Wildman–Crippen LogP) is 5.37. The first-order valence-corrected chi connectivity index (χ1v) is 7.77. The first-order valence-electron chi connectivity index (χ1n) is 7.77. The van der Waals surface area contributed by atoms with Crippen LogP contribution in [0.4, 0.5) is 32.0 Å². The van der Waals surface area contributed by atoms with Crippen LogP contribution in [0.5, 0.6) is 0 Å². The Balaban J connectivity index is 2.02. The van der Waals surface area contributed by atoms with Crippen LogP contribution in [0.25, 0.3) is 11.1 Å². The van der Waals surface area contributed by atoms with Gasteiger partial charge in [-0.1, -0.05) is 36.4 Å². The maximum atomic E-state index is 13.3. The summed E-state index contributed by atoms with van der Waals surface area (Å²) in [5.41, 5.74) is -3.39. The highest BCUT2D eigenvalue weighted by atomic mass is 19.4. The number of carbonyl (C=O) groups excluding carboxylic acids is 1. The Kier molecular flexibility index (Phi) is 4.88. The van der Waals surface area contributed by atoms with Crippen molar-refractivity contribution in [3.8, 4) is 11.1 Å². The average Bonchev–Trinajstić information content (AvgIpc) is 3.12. The summed E-state index contributed by atoms with van der Waals surface area (Å²) in [5.74, 6) is -1.15. The number of carbonyl (C=O) groups is 1. The number of rotatable bonds is 3. The Hall–Kier alpha value is -3.30. The molecule has 3 aromatic rings. The van der Waals surface area contributed by atoms with E-state index in [-0.39, 0.29) is 16.8 Å².